The molecule has 1 aromatic carbocycles. The summed E-state index contributed by atoms with van der Waals surface area (Å²) in [4.78, 5) is 4.56. The molecule has 1 aliphatic carbocycles. The van der Waals surface area contributed by atoms with E-state index in [1.165, 1.54) is 25.7 Å². The van der Waals surface area contributed by atoms with Gasteiger partial charge in [0, 0.05) is 11.6 Å². The van der Waals surface area contributed by atoms with E-state index in [0.717, 1.165) is 23.0 Å². The molecule has 2 unspecified atom stereocenters. The molecule has 0 radical (unpaired) electrons. The van der Waals surface area contributed by atoms with Crippen LogP contribution < -0.4 is 5.73 Å². The summed E-state index contributed by atoms with van der Waals surface area (Å²) < 4.78 is 5.39. The Morgan fingerprint density at radius 3 is 2.90 bits per heavy atom. The van der Waals surface area contributed by atoms with Crippen LogP contribution in [0, 0.1) is 5.92 Å². The highest BCUT2D eigenvalue weighted by Gasteiger charge is 2.28. The van der Waals surface area contributed by atoms with Gasteiger partial charge in [0.1, 0.15) is 0 Å². The fourth-order valence-electron chi connectivity index (χ4n) is 3.04. The minimum atomic E-state index is 0.477. The molecule has 1 fully saturated rings. The first-order valence-corrected chi connectivity index (χ1v) is 7.42. The Hall–Kier alpha value is -1.84. The second kappa shape index (κ2) is 5.65. The largest absolute Gasteiger partial charge is 0.398 e. The van der Waals surface area contributed by atoms with Crippen molar-refractivity contribution in [1.82, 2.24) is 10.1 Å². The zero-order chi connectivity index (χ0) is 13.9. The van der Waals surface area contributed by atoms with E-state index in [4.69, 9.17) is 10.3 Å². The third-order valence-corrected chi connectivity index (χ3v) is 4.36. The predicted molar refractivity (Wildman–Crippen MR) is 78.3 cm³/mol. The van der Waals surface area contributed by atoms with Gasteiger partial charge in [-0.25, -0.2) is 0 Å². The zero-order valence-electron chi connectivity index (χ0n) is 11.9. The second-order valence-electron chi connectivity index (χ2n) is 5.71. The Morgan fingerprint density at radius 1 is 1.30 bits per heavy atom. The topological polar surface area (TPSA) is 64.9 Å². The Balaban J connectivity index is 1.70. The standard InChI is InChI=1S/C16H21N3O/c1-2-11-7-8-13(9-11)16-18-15(20-19-16)10-12-5-3-4-6-14(12)17/h3-6,11,13H,2,7-10,17H2,1H3. The summed E-state index contributed by atoms with van der Waals surface area (Å²) in [5.41, 5.74) is 7.76. The van der Waals surface area contributed by atoms with Gasteiger partial charge >= 0.3 is 0 Å². The van der Waals surface area contributed by atoms with Crippen LogP contribution in [0.4, 0.5) is 5.69 Å². The summed E-state index contributed by atoms with van der Waals surface area (Å²) in [5, 5.41) is 4.17. The van der Waals surface area contributed by atoms with E-state index < -0.39 is 0 Å². The molecule has 4 heteroatoms. The van der Waals surface area contributed by atoms with E-state index in [1.54, 1.807) is 0 Å². The lowest BCUT2D eigenvalue weighted by atomic mass is 10.0. The minimum Gasteiger partial charge on any atom is -0.398 e. The van der Waals surface area contributed by atoms with Crippen LogP contribution in [0.3, 0.4) is 0 Å². The Kier molecular flexibility index (Phi) is 3.72. The molecule has 1 saturated carbocycles. The molecule has 1 heterocycles. The van der Waals surface area contributed by atoms with Crippen molar-refractivity contribution in [3.63, 3.8) is 0 Å². The zero-order valence-corrected chi connectivity index (χ0v) is 11.9. The number of nitrogens with zero attached hydrogens (tertiary/aromatic N) is 2. The van der Waals surface area contributed by atoms with Crippen molar-refractivity contribution in [3.8, 4) is 0 Å². The quantitative estimate of drug-likeness (QED) is 0.864. The van der Waals surface area contributed by atoms with Gasteiger partial charge in [0.15, 0.2) is 5.82 Å². The third-order valence-electron chi connectivity index (χ3n) is 4.36. The van der Waals surface area contributed by atoms with Gasteiger partial charge in [0.05, 0.1) is 6.42 Å². The molecule has 0 bridgehead atoms. The monoisotopic (exact) mass is 271 g/mol. The molecule has 1 aliphatic rings. The number of para-hydroxylation sites is 1. The van der Waals surface area contributed by atoms with E-state index in [2.05, 4.69) is 17.1 Å². The molecule has 0 spiro atoms. The van der Waals surface area contributed by atoms with E-state index in [0.29, 0.717) is 18.2 Å². The second-order valence-corrected chi connectivity index (χ2v) is 5.71. The van der Waals surface area contributed by atoms with Crippen molar-refractivity contribution in [3.05, 3.63) is 41.5 Å². The molecular formula is C16H21N3O. The van der Waals surface area contributed by atoms with Gasteiger partial charge in [0.2, 0.25) is 5.89 Å². The Morgan fingerprint density at radius 2 is 2.15 bits per heavy atom. The molecule has 2 N–H and O–H groups in total. The highest BCUT2D eigenvalue weighted by Crippen LogP contribution is 2.38. The van der Waals surface area contributed by atoms with E-state index in [-0.39, 0.29) is 0 Å². The summed E-state index contributed by atoms with van der Waals surface area (Å²) in [7, 11) is 0. The highest BCUT2D eigenvalue weighted by molar-refractivity contribution is 5.47. The van der Waals surface area contributed by atoms with Crippen molar-refractivity contribution in [1.29, 1.82) is 0 Å². The number of aromatic nitrogens is 2. The first kappa shape index (κ1) is 13.2. The number of nitrogens with two attached hydrogens (primary N) is 1. The number of rotatable bonds is 4. The van der Waals surface area contributed by atoms with Gasteiger partial charge in [-0.2, -0.15) is 4.98 Å². The fraction of sp³-hybridized carbons (Fsp3) is 0.500. The molecule has 2 atom stereocenters. The molecule has 106 valence electrons. The fourth-order valence-corrected chi connectivity index (χ4v) is 3.04. The van der Waals surface area contributed by atoms with Crippen molar-refractivity contribution < 1.29 is 4.52 Å². The number of nitrogen functional groups attached to an aromatic ring is 1. The van der Waals surface area contributed by atoms with Crippen LogP contribution in [-0.2, 0) is 6.42 Å². The Labute approximate surface area is 119 Å². The van der Waals surface area contributed by atoms with Crippen LogP contribution in [-0.4, -0.2) is 10.1 Å². The Bertz CT molecular complexity index is 579. The number of benzene rings is 1. The molecule has 20 heavy (non-hydrogen) atoms. The normalized spacial score (nSPS) is 22.2. The van der Waals surface area contributed by atoms with E-state index in [1.807, 2.05) is 24.3 Å². The molecule has 0 amide bonds. The van der Waals surface area contributed by atoms with E-state index >= 15 is 0 Å². The molecule has 1 aromatic heterocycles. The van der Waals surface area contributed by atoms with Crippen molar-refractivity contribution in [2.24, 2.45) is 5.92 Å². The van der Waals surface area contributed by atoms with Crippen molar-refractivity contribution >= 4 is 5.69 Å². The van der Waals surface area contributed by atoms with Crippen LogP contribution in [0.25, 0.3) is 0 Å². The summed E-state index contributed by atoms with van der Waals surface area (Å²) >= 11 is 0. The number of anilines is 1. The summed E-state index contributed by atoms with van der Waals surface area (Å²) in [6.07, 6.45) is 5.54. The lowest BCUT2D eigenvalue weighted by Gasteiger charge is -2.04. The lowest BCUT2D eigenvalue weighted by molar-refractivity contribution is 0.375. The van der Waals surface area contributed by atoms with Crippen LogP contribution >= 0.6 is 0 Å². The van der Waals surface area contributed by atoms with Gasteiger partial charge in [-0.05, 0) is 36.8 Å². The lowest BCUT2D eigenvalue weighted by Crippen LogP contribution is -1.98. The van der Waals surface area contributed by atoms with Gasteiger partial charge < -0.3 is 10.3 Å². The molecule has 4 nitrogen and oxygen atoms in total. The molecular weight excluding hydrogens is 250 g/mol. The van der Waals surface area contributed by atoms with E-state index in [9.17, 15) is 0 Å². The molecule has 0 saturated heterocycles. The van der Waals surface area contributed by atoms with Gasteiger partial charge in [-0.15, -0.1) is 0 Å². The predicted octanol–water partition coefficient (Wildman–Crippen LogP) is 3.54. The minimum absolute atomic E-state index is 0.477. The van der Waals surface area contributed by atoms with Crippen LogP contribution in [0.15, 0.2) is 28.8 Å². The summed E-state index contributed by atoms with van der Waals surface area (Å²) in [5.74, 6) is 2.85. The average Bonchev–Trinajstić information content (AvgIpc) is 3.10. The first-order valence-electron chi connectivity index (χ1n) is 7.42. The molecule has 2 aromatic rings. The first-order chi connectivity index (χ1) is 9.76. The summed E-state index contributed by atoms with van der Waals surface area (Å²) in [6, 6.07) is 7.81. The van der Waals surface area contributed by atoms with Crippen molar-refractivity contribution in [2.75, 3.05) is 5.73 Å². The van der Waals surface area contributed by atoms with Gasteiger partial charge in [-0.1, -0.05) is 36.7 Å². The molecule has 3 rings (SSSR count). The van der Waals surface area contributed by atoms with Gasteiger partial charge in [-0.3, -0.25) is 0 Å². The van der Waals surface area contributed by atoms with Crippen LogP contribution in [0.2, 0.25) is 0 Å². The maximum atomic E-state index is 5.94. The number of hydrogen-bond acceptors (Lipinski definition) is 4. The SMILES string of the molecule is CCC1CCC(c2noc(Cc3ccccc3N)n2)C1. The molecule has 0 aliphatic heterocycles. The maximum Gasteiger partial charge on any atom is 0.231 e. The smallest absolute Gasteiger partial charge is 0.231 e. The third kappa shape index (κ3) is 2.69. The van der Waals surface area contributed by atoms with Crippen LogP contribution in [0.5, 0.6) is 0 Å². The van der Waals surface area contributed by atoms with Crippen LogP contribution in [0.1, 0.15) is 55.8 Å². The summed E-state index contributed by atoms with van der Waals surface area (Å²) in [6.45, 7) is 2.26. The van der Waals surface area contributed by atoms with Crippen molar-refractivity contribution in [2.45, 2.75) is 44.9 Å². The van der Waals surface area contributed by atoms with Gasteiger partial charge in [0.25, 0.3) is 0 Å². The average molecular weight is 271 g/mol. The number of hydrogen-bond donors (Lipinski definition) is 1. The maximum absolute atomic E-state index is 5.94. The highest BCUT2D eigenvalue weighted by atomic mass is 16.5.